The summed E-state index contributed by atoms with van der Waals surface area (Å²) in [6.45, 7) is 0. The minimum absolute atomic E-state index is 0.0358. The van der Waals surface area contributed by atoms with E-state index in [0.717, 1.165) is 12.1 Å². The van der Waals surface area contributed by atoms with E-state index in [1.54, 1.807) is 0 Å². The van der Waals surface area contributed by atoms with Gasteiger partial charge >= 0.3 is 0 Å². The second-order valence-electron chi connectivity index (χ2n) is 3.92. The Morgan fingerprint density at radius 1 is 1.05 bits per heavy atom. The third-order valence-electron chi connectivity index (χ3n) is 2.51. The van der Waals surface area contributed by atoms with Crippen molar-refractivity contribution >= 4 is 23.0 Å². The van der Waals surface area contributed by atoms with Crippen molar-refractivity contribution in [1.82, 2.24) is 0 Å². The topological polar surface area (TPSA) is 81.1 Å². The Morgan fingerprint density at radius 2 is 1.74 bits per heavy atom. The molecule has 0 saturated carbocycles. The number of nitrogens with one attached hydrogen (secondary N) is 1. The van der Waals surface area contributed by atoms with Crippen molar-refractivity contribution in [3.05, 3.63) is 53.6 Å². The lowest BCUT2D eigenvalue weighted by atomic mass is 10.1. The van der Waals surface area contributed by atoms with Gasteiger partial charge in [0.25, 0.3) is 5.91 Å². The summed E-state index contributed by atoms with van der Waals surface area (Å²) in [7, 11) is 0. The first-order valence-corrected chi connectivity index (χ1v) is 5.39. The molecule has 1 amide bonds. The average molecular weight is 263 g/mol. The van der Waals surface area contributed by atoms with Crippen molar-refractivity contribution < 1.29 is 13.6 Å². The summed E-state index contributed by atoms with van der Waals surface area (Å²) in [5, 5.41) is 2.68. The van der Waals surface area contributed by atoms with Crippen LogP contribution in [-0.2, 0) is 0 Å². The van der Waals surface area contributed by atoms with Crippen LogP contribution < -0.4 is 16.8 Å². The molecule has 0 bridgehead atoms. The predicted molar refractivity (Wildman–Crippen MR) is 69.0 cm³/mol. The molecule has 5 N–H and O–H groups in total. The number of carbonyl (C=O) groups is 1. The molecule has 0 aromatic heterocycles. The Bertz CT molecular complexity index is 644. The van der Waals surface area contributed by atoms with Gasteiger partial charge in [-0.1, -0.05) is 0 Å². The van der Waals surface area contributed by atoms with Gasteiger partial charge in [0.1, 0.15) is 11.6 Å². The van der Waals surface area contributed by atoms with Gasteiger partial charge < -0.3 is 16.8 Å². The van der Waals surface area contributed by atoms with Gasteiger partial charge in [0.05, 0.1) is 16.9 Å². The highest BCUT2D eigenvalue weighted by Gasteiger charge is 2.11. The summed E-state index contributed by atoms with van der Waals surface area (Å²) in [5.41, 5.74) is 11.6. The zero-order valence-electron chi connectivity index (χ0n) is 9.78. The lowest BCUT2D eigenvalue weighted by Gasteiger charge is -2.11. The number of hydrogen-bond donors (Lipinski definition) is 3. The number of amides is 1. The quantitative estimate of drug-likeness (QED) is 0.744. The van der Waals surface area contributed by atoms with Crippen LogP contribution in [0.3, 0.4) is 0 Å². The molecule has 0 fully saturated rings. The molecular formula is C13H11F2N3O. The number of benzene rings is 2. The Hall–Kier alpha value is -2.63. The van der Waals surface area contributed by atoms with E-state index >= 15 is 0 Å². The first-order chi connectivity index (χ1) is 8.97. The second-order valence-corrected chi connectivity index (χ2v) is 3.92. The maximum absolute atomic E-state index is 13.5. The van der Waals surface area contributed by atoms with E-state index in [1.807, 2.05) is 0 Å². The van der Waals surface area contributed by atoms with E-state index < -0.39 is 17.5 Å². The van der Waals surface area contributed by atoms with Crippen molar-refractivity contribution in [2.75, 3.05) is 11.1 Å². The lowest BCUT2D eigenvalue weighted by molar-refractivity contribution is 0.100. The van der Waals surface area contributed by atoms with E-state index in [-0.39, 0.29) is 11.3 Å². The molecule has 19 heavy (non-hydrogen) atoms. The summed E-state index contributed by atoms with van der Waals surface area (Å²) in [5.74, 6) is -2.15. The van der Waals surface area contributed by atoms with E-state index in [9.17, 15) is 13.6 Å². The summed E-state index contributed by atoms with van der Waals surface area (Å²) in [6.07, 6.45) is 0. The zero-order chi connectivity index (χ0) is 14.0. The molecule has 0 aliphatic heterocycles. The van der Waals surface area contributed by atoms with Gasteiger partial charge in [0.2, 0.25) is 0 Å². The largest absolute Gasteiger partial charge is 0.399 e. The molecule has 2 aromatic rings. The smallest absolute Gasteiger partial charge is 0.250 e. The van der Waals surface area contributed by atoms with E-state index in [2.05, 4.69) is 5.32 Å². The van der Waals surface area contributed by atoms with Crippen LogP contribution in [0.5, 0.6) is 0 Å². The maximum atomic E-state index is 13.5. The molecule has 2 aromatic carbocycles. The molecule has 0 spiro atoms. The molecule has 2 rings (SSSR count). The fourth-order valence-corrected chi connectivity index (χ4v) is 1.61. The first kappa shape index (κ1) is 12.8. The van der Waals surface area contributed by atoms with Gasteiger partial charge in [-0.25, -0.2) is 8.78 Å². The molecule has 98 valence electrons. The number of halogens is 2. The van der Waals surface area contributed by atoms with Gasteiger partial charge in [-0.3, -0.25) is 4.79 Å². The SMILES string of the molecule is NC(=O)c1cc(N)ccc1Nc1ccc(F)cc1F. The monoisotopic (exact) mass is 263 g/mol. The Balaban J connectivity index is 2.40. The van der Waals surface area contributed by atoms with Crippen molar-refractivity contribution in [2.24, 2.45) is 5.73 Å². The number of rotatable bonds is 3. The lowest BCUT2D eigenvalue weighted by Crippen LogP contribution is -2.14. The molecule has 0 radical (unpaired) electrons. The fraction of sp³-hybridized carbons (Fsp3) is 0. The van der Waals surface area contributed by atoms with Crippen LogP contribution in [-0.4, -0.2) is 5.91 Å². The molecule has 6 heteroatoms. The van der Waals surface area contributed by atoms with Gasteiger partial charge in [0.15, 0.2) is 0 Å². The highest BCUT2D eigenvalue weighted by atomic mass is 19.1. The molecule has 0 aliphatic rings. The van der Waals surface area contributed by atoms with E-state index in [0.29, 0.717) is 11.4 Å². The summed E-state index contributed by atoms with van der Waals surface area (Å²) in [4.78, 5) is 11.3. The van der Waals surface area contributed by atoms with Crippen molar-refractivity contribution in [3.8, 4) is 0 Å². The van der Waals surface area contributed by atoms with Gasteiger partial charge in [-0.2, -0.15) is 0 Å². The summed E-state index contributed by atoms with van der Waals surface area (Å²) in [6, 6.07) is 7.49. The Morgan fingerprint density at radius 3 is 2.37 bits per heavy atom. The number of anilines is 3. The average Bonchev–Trinajstić information content (AvgIpc) is 2.34. The number of carbonyl (C=O) groups excluding carboxylic acids is 1. The zero-order valence-corrected chi connectivity index (χ0v) is 9.78. The number of primary amides is 1. The van der Waals surface area contributed by atoms with Crippen LogP contribution in [0.15, 0.2) is 36.4 Å². The normalized spacial score (nSPS) is 10.2. The standard InChI is InChI=1S/C13H11F2N3O/c14-7-1-3-12(10(15)5-7)18-11-4-2-8(16)6-9(11)13(17)19/h1-6,18H,16H2,(H2,17,19). The highest BCUT2D eigenvalue weighted by molar-refractivity contribution is 6.00. The van der Waals surface area contributed by atoms with Crippen LogP contribution in [0.4, 0.5) is 25.8 Å². The molecule has 0 atom stereocenters. The van der Waals surface area contributed by atoms with Crippen LogP contribution in [0, 0.1) is 11.6 Å². The molecule has 0 unspecified atom stereocenters. The number of nitrogen functional groups attached to an aromatic ring is 1. The van der Waals surface area contributed by atoms with Crippen molar-refractivity contribution in [3.63, 3.8) is 0 Å². The van der Waals surface area contributed by atoms with Crippen LogP contribution in [0.2, 0.25) is 0 Å². The molecule has 0 saturated heterocycles. The van der Waals surface area contributed by atoms with Gasteiger partial charge in [0, 0.05) is 11.8 Å². The number of hydrogen-bond acceptors (Lipinski definition) is 3. The van der Waals surface area contributed by atoms with Crippen LogP contribution in [0.1, 0.15) is 10.4 Å². The highest BCUT2D eigenvalue weighted by Crippen LogP contribution is 2.25. The molecular weight excluding hydrogens is 252 g/mol. The van der Waals surface area contributed by atoms with Crippen molar-refractivity contribution in [2.45, 2.75) is 0 Å². The summed E-state index contributed by atoms with van der Waals surface area (Å²) >= 11 is 0. The number of nitrogens with two attached hydrogens (primary N) is 2. The van der Waals surface area contributed by atoms with Crippen molar-refractivity contribution in [1.29, 1.82) is 0 Å². The van der Waals surface area contributed by atoms with Gasteiger partial charge in [-0.15, -0.1) is 0 Å². The van der Waals surface area contributed by atoms with E-state index in [1.165, 1.54) is 24.3 Å². The maximum Gasteiger partial charge on any atom is 0.250 e. The molecule has 0 aliphatic carbocycles. The fourth-order valence-electron chi connectivity index (χ4n) is 1.61. The third kappa shape index (κ3) is 2.79. The predicted octanol–water partition coefficient (Wildman–Crippen LogP) is 2.39. The van der Waals surface area contributed by atoms with Gasteiger partial charge in [-0.05, 0) is 30.3 Å². The first-order valence-electron chi connectivity index (χ1n) is 5.39. The third-order valence-corrected chi connectivity index (χ3v) is 2.51. The Kier molecular flexibility index (Phi) is 3.33. The minimum atomic E-state index is -0.771. The second kappa shape index (κ2) is 4.93. The summed E-state index contributed by atoms with van der Waals surface area (Å²) < 4.78 is 26.3. The van der Waals surface area contributed by atoms with Crippen LogP contribution >= 0.6 is 0 Å². The van der Waals surface area contributed by atoms with E-state index in [4.69, 9.17) is 11.5 Å². The Labute approximate surface area is 108 Å². The minimum Gasteiger partial charge on any atom is -0.399 e. The molecule has 4 nitrogen and oxygen atoms in total. The molecule has 0 heterocycles. The van der Waals surface area contributed by atoms with Crippen LogP contribution in [0.25, 0.3) is 0 Å².